The highest BCUT2D eigenvalue weighted by Crippen LogP contribution is 2.15. The van der Waals surface area contributed by atoms with Gasteiger partial charge in [-0.25, -0.2) is 9.97 Å². The van der Waals surface area contributed by atoms with Gasteiger partial charge in [-0.1, -0.05) is 0 Å². The van der Waals surface area contributed by atoms with Crippen molar-refractivity contribution < 1.29 is 9.84 Å². The number of aliphatic hydroxyl groups excluding tert-OH is 1. The molecule has 0 saturated heterocycles. The van der Waals surface area contributed by atoms with Crippen LogP contribution in [0.25, 0.3) is 0 Å². The van der Waals surface area contributed by atoms with E-state index in [-0.39, 0.29) is 6.61 Å². The zero-order chi connectivity index (χ0) is 13.4. The van der Waals surface area contributed by atoms with Crippen LogP contribution in [0, 0.1) is 0 Å². The van der Waals surface area contributed by atoms with Gasteiger partial charge in [-0.2, -0.15) is 0 Å². The average molecular weight is 254 g/mol. The molecular weight excluding hydrogens is 232 g/mol. The SMILES string of the molecule is CCNc1cc(N(C)CCO)nc(COCC)n1. The Balaban J connectivity index is 2.89. The van der Waals surface area contributed by atoms with Gasteiger partial charge in [0.25, 0.3) is 0 Å². The molecule has 1 aromatic heterocycles. The van der Waals surface area contributed by atoms with Crippen LogP contribution in [-0.4, -0.2) is 48.4 Å². The van der Waals surface area contributed by atoms with E-state index in [0.29, 0.717) is 25.6 Å². The van der Waals surface area contributed by atoms with Crippen LogP contribution in [0.3, 0.4) is 0 Å². The first-order valence-corrected chi connectivity index (χ1v) is 6.22. The van der Waals surface area contributed by atoms with Gasteiger partial charge in [0.2, 0.25) is 0 Å². The Labute approximate surface area is 108 Å². The predicted octanol–water partition coefficient (Wildman–Crippen LogP) is 0.873. The van der Waals surface area contributed by atoms with Crippen LogP contribution in [-0.2, 0) is 11.3 Å². The Kier molecular flexibility index (Phi) is 6.38. The van der Waals surface area contributed by atoms with Crippen LogP contribution in [0.15, 0.2) is 6.07 Å². The number of nitrogens with one attached hydrogen (secondary N) is 1. The fraction of sp³-hybridized carbons (Fsp3) is 0.667. The summed E-state index contributed by atoms with van der Waals surface area (Å²) in [6.07, 6.45) is 0. The molecule has 0 amide bonds. The standard InChI is InChI=1S/C12H22N4O2/c1-4-13-10-8-12(16(3)6-7-17)15-11(14-10)9-18-5-2/h8,17H,4-7,9H2,1-3H3,(H,13,14,15). The van der Waals surface area contributed by atoms with E-state index in [1.807, 2.05) is 31.9 Å². The maximum Gasteiger partial charge on any atom is 0.158 e. The smallest absolute Gasteiger partial charge is 0.158 e. The minimum absolute atomic E-state index is 0.0951. The first-order chi connectivity index (χ1) is 8.71. The van der Waals surface area contributed by atoms with Crippen molar-refractivity contribution >= 4 is 11.6 Å². The summed E-state index contributed by atoms with van der Waals surface area (Å²) < 4.78 is 5.33. The van der Waals surface area contributed by atoms with Crippen molar-refractivity contribution in [3.8, 4) is 0 Å². The highest BCUT2D eigenvalue weighted by molar-refractivity contribution is 5.48. The molecule has 1 rings (SSSR count). The number of aromatic nitrogens is 2. The van der Waals surface area contributed by atoms with E-state index in [1.165, 1.54) is 0 Å². The molecule has 18 heavy (non-hydrogen) atoms. The van der Waals surface area contributed by atoms with Crippen LogP contribution in [0.2, 0.25) is 0 Å². The topological polar surface area (TPSA) is 70.5 Å². The van der Waals surface area contributed by atoms with Crippen molar-refractivity contribution in [1.29, 1.82) is 0 Å². The number of likely N-dealkylation sites (N-methyl/N-ethyl adjacent to an activating group) is 1. The van der Waals surface area contributed by atoms with Crippen LogP contribution in [0.1, 0.15) is 19.7 Å². The third kappa shape index (κ3) is 4.46. The van der Waals surface area contributed by atoms with E-state index in [1.54, 1.807) is 0 Å². The van der Waals surface area contributed by atoms with E-state index < -0.39 is 0 Å². The lowest BCUT2D eigenvalue weighted by Crippen LogP contribution is -2.23. The highest BCUT2D eigenvalue weighted by Gasteiger charge is 2.08. The Morgan fingerprint density at radius 1 is 1.39 bits per heavy atom. The third-order valence-corrected chi connectivity index (χ3v) is 2.38. The molecule has 0 bridgehead atoms. The van der Waals surface area contributed by atoms with Gasteiger partial charge < -0.3 is 20.1 Å². The monoisotopic (exact) mass is 254 g/mol. The minimum atomic E-state index is 0.0951. The van der Waals surface area contributed by atoms with E-state index >= 15 is 0 Å². The fourth-order valence-corrected chi connectivity index (χ4v) is 1.47. The summed E-state index contributed by atoms with van der Waals surface area (Å²) in [6, 6.07) is 1.87. The van der Waals surface area contributed by atoms with Crippen LogP contribution in [0.5, 0.6) is 0 Å². The number of aliphatic hydroxyl groups is 1. The molecule has 0 aliphatic rings. The number of hydrogen-bond donors (Lipinski definition) is 2. The number of anilines is 2. The number of nitrogens with zero attached hydrogens (tertiary/aromatic N) is 3. The Morgan fingerprint density at radius 2 is 2.17 bits per heavy atom. The Bertz CT molecular complexity index is 360. The summed E-state index contributed by atoms with van der Waals surface area (Å²) in [4.78, 5) is 10.7. The fourth-order valence-electron chi connectivity index (χ4n) is 1.47. The number of rotatable bonds is 8. The average Bonchev–Trinajstić information content (AvgIpc) is 2.37. The van der Waals surface area contributed by atoms with Gasteiger partial charge in [-0.3, -0.25) is 0 Å². The lowest BCUT2D eigenvalue weighted by Gasteiger charge is -2.18. The lowest BCUT2D eigenvalue weighted by molar-refractivity contribution is 0.128. The van der Waals surface area contributed by atoms with Crippen LogP contribution >= 0.6 is 0 Å². The zero-order valence-corrected chi connectivity index (χ0v) is 11.3. The largest absolute Gasteiger partial charge is 0.395 e. The van der Waals surface area contributed by atoms with E-state index in [0.717, 1.165) is 18.2 Å². The molecule has 0 radical (unpaired) electrons. The normalized spacial score (nSPS) is 10.4. The van der Waals surface area contributed by atoms with E-state index in [4.69, 9.17) is 9.84 Å². The molecular formula is C12H22N4O2. The molecule has 1 aromatic rings. The Hall–Kier alpha value is -1.40. The first kappa shape index (κ1) is 14.7. The summed E-state index contributed by atoms with van der Waals surface area (Å²) in [6.45, 7) is 6.42. The van der Waals surface area contributed by atoms with Gasteiger partial charge in [-0.05, 0) is 13.8 Å². The molecule has 2 N–H and O–H groups in total. The summed E-state index contributed by atoms with van der Waals surface area (Å²) in [5, 5.41) is 12.1. The molecule has 0 fully saturated rings. The zero-order valence-electron chi connectivity index (χ0n) is 11.3. The quantitative estimate of drug-likeness (QED) is 0.717. The second kappa shape index (κ2) is 7.84. The molecule has 6 nitrogen and oxygen atoms in total. The molecule has 6 heteroatoms. The van der Waals surface area contributed by atoms with Crippen molar-refractivity contribution in [1.82, 2.24) is 9.97 Å². The molecule has 0 atom stereocenters. The molecule has 0 saturated carbocycles. The maximum atomic E-state index is 8.96. The molecule has 0 unspecified atom stereocenters. The second-order valence-electron chi connectivity index (χ2n) is 3.84. The van der Waals surface area contributed by atoms with Gasteiger partial charge in [0, 0.05) is 32.8 Å². The molecule has 1 heterocycles. The number of ether oxygens (including phenoxy) is 1. The second-order valence-corrected chi connectivity index (χ2v) is 3.84. The predicted molar refractivity (Wildman–Crippen MR) is 71.9 cm³/mol. The first-order valence-electron chi connectivity index (χ1n) is 6.22. The van der Waals surface area contributed by atoms with Crippen molar-refractivity contribution in [2.75, 3.05) is 43.6 Å². The van der Waals surface area contributed by atoms with Crippen molar-refractivity contribution in [2.45, 2.75) is 20.5 Å². The van der Waals surface area contributed by atoms with Crippen LogP contribution in [0.4, 0.5) is 11.6 Å². The van der Waals surface area contributed by atoms with Gasteiger partial charge in [0.05, 0.1) is 6.61 Å². The lowest BCUT2D eigenvalue weighted by atomic mass is 10.4. The molecule has 102 valence electrons. The molecule has 0 aliphatic heterocycles. The van der Waals surface area contributed by atoms with Crippen molar-refractivity contribution in [3.05, 3.63) is 11.9 Å². The molecule has 0 aliphatic carbocycles. The summed E-state index contributed by atoms with van der Waals surface area (Å²) in [7, 11) is 1.89. The van der Waals surface area contributed by atoms with Gasteiger partial charge in [-0.15, -0.1) is 0 Å². The van der Waals surface area contributed by atoms with Gasteiger partial charge in [0.15, 0.2) is 5.82 Å². The van der Waals surface area contributed by atoms with Crippen molar-refractivity contribution in [3.63, 3.8) is 0 Å². The minimum Gasteiger partial charge on any atom is -0.395 e. The summed E-state index contributed by atoms with van der Waals surface area (Å²) >= 11 is 0. The van der Waals surface area contributed by atoms with E-state index in [2.05, 4.69) is 15.3 Å². The third-order valence-electron chi connectivity index (χ3n) is 2.38. The molecule has 0 aromatic carbocycles. The molecule has 0 spiro atoms. The number of hydrogen-bond acceptors (Lipinski definition) is 6. The van der Waals surface area contributed by atoms with E-state index in [9.17, 15) is 0 Å². The van der Waals surface area contributed by atoms with Crippen molar-refractivity contribution in [2.24, 2.45) is 0 Å². The summed E-state index contributed by atoms with van der Waals surface area (Å²) in [5.41, 5.74) is 0. The van der Waals surface area contributed by atoms with Gasteiger partial charge >= 0.3 is 0 Å². The maximum absolute atomic E-state index is 8.96. The summed E-state index contributed by atoms with van der Waals surface area (Å²) in [5.74, 6) is 2.21. The van der Waals surface area contributed by atoms with Gasteiger partial charge in [0.1, 0.15) is 18.2 Å². The highest BCUT2D eigenvalue weighted by atomic mass is 16.5. The van der Waals surface area contributed by atoms with Crippen LogP contribution < -0.4 is 10.2 Å². The Morgan fingerprint density at radius 3 is 2.78 bits per heavy atom.